The van der Waals surface area contributed by atoms with Gasteiger partial charge in [0.15, 0.2) is 10.4 Å². The van der Waals surface area contributed by atoms with Gasteiger partial charge < -0.3 is 9.73 Å². The molecule has 0 aromatic carbocycles. The minimum Gasteiger partial charge on any atom is -0.444 e. The molecule has 21 heavy (non-hydrogen) atoms. The van der Waals surface area contributed by atoms with Gasteiger partial charge in [-0.2, -0.15) is 0 Å². The highest BCUT2D eigenvalue weighted by atomic mass is 79.9. The fraction of sp³-hybridized carbons (Fsp3) is 0.143. The van der Waals surface area contributed by atoms with Crippen molar-refractivity contribution in [2.45, 2.75) is 13.5 Å². The van der Waals surface area contributed by atoms with Crippen molar-refractivity contribution in [2.75, 3.05) is 0 Å². The van der Waals surface area contributed by atoms with Crippen LogP contribution in [0.3, 0.4) is 0 Å². The topological polar surface area (TPSA) is 55.1 Å². The van der Waals surface area contributed by atoms with Crippen LogP contribution in [0.2, 0.25) is 0 Å². The second-order valence-electron chi connectivity index (χ2n) is 4.29. The molecule has 0 bridgehead atoms. The number of furan rings is 1. The number of halogens is 1. The first-order valence-electron chi connectivity index (χ1n) is 6.17. The first-order valence-corrected chi connectivity index (χ1v) is 8.66. The number of hydrogen-bond acceptors (Lipinski definition) is 5. The van der Waals surface area contributed by atoms with Gasteiger partial charge in [-0.3, -0.25) is 4.79 Å². The molecule has 3 rings (SSSR count). The van der Waals surface area contributed by atoms with Crippen LogP contribution < -0.4 is 5.32 Å². The summed E-state index contributed by atoms with van der Waals surface area (Å²) in [7, 11) is 0. The van der Waals surface area contributed by atoms with E-state index in [9.17, 15) is 4.79 Å². The van der Waals surface area contributed by atoms with Crippen molar-refractivity contribution in [1.29, 1.82) is 0 Å². The fourth-order valence-corrected chi connectivity index (χ4v) is 3.89. The van der Waals surface area contributed by atoms with Gasteiger partial charge in [0.2, 0.25) is 0 Å². The number of aryl methyl sites for hydroxylation is 1. The molecule has 0 atom stereocenters. The van der Waals surface area contributed by atoms with Crippen molar-refractivity contribution in [3.05, 3.63) is 50.6 Å². The first kappa shape index (κ1) is 14.5. The van der Waals surface area contributed by atoms with Crippen molar-refractivity contribution in [2.24, 2.45) is 0 Å². The molecule has 3 heterocycles. The van der Waals surface area contributed by atoms with Gasteiger partial charge in [-0.15, -0.1) is 22.7 Å². The van der Waals surface area contributed by atoms with Crippen LogP contribution in [0.25, 0.3) is 9.88 Å². The number of aromatic nitrogens is 1. The Bertz CT molecular complexity index is 762. The summed E-state index contributed by atoms with van der Waals surface area (Å²) < 4.78 is 5.77. The molecule has 0 saturated carbocycles. The van der Waals surface area contributed by atoms with Crippen LogP contribution in [-0.2, 0) is 6.54 Å². The van der Waals surface area contributed by atoms with E-state index in [1.165, 1.54) is 0 Å². The Morgan fingerprint density at radius 2 is 2.29 bits per heavy atom. The molecular formula is C14H11BrN2O2S2. The van der Waals surface area contributed by atoms with Crippen LogP contribution in [0.15, 0.2) is 38.7 Å². The van der Waals surface area contributed by atoms with Gasteiger partial charge >= 0.3 is 0 Å². The summed E-state index contributed by atoms with van der Waals surface area (Å²) >= 11 is 6.45. The number of carbonyl (C=O) groups is 1. The van der Waals surface area contributed by atoms with Gasteiger partial charge in [-0.25, -0.2) is 4.98 Å². The molecule has 0 unspecified atom stereocenters. The maximum Gasteiger partial charge on any atom is 0.287 e. The van der Waals surface area contributed by atoms with E-state index in [1.807, 2.05) is 24.4 Å². The summed E-state index contributed by atoms with van der Waals surface area (Å²) in [4.78, 5) is 18.7. The van der Waals surface area contributed by atoms with Crippen molar-refractivity contribution >= 4 is 44.5 Å². The van der Waals surface area contributed by atoms with Gasteiger partial charge in [0.25, 0.3) is 5.91 Å². The predicted molar refractivity (Wildman–Crippen MR) is 87.7 cm³/mol. The Hall–Kier alpha value is -1.44. The van der Waals surface area contributed by atoms with E-state index in [0.717, 1.165) is 20.5 Å². The molecule has 0 fully saturated rings. The lowest BCUT2D eigenvalue weighted by Crippen LogP contribution is -2.22. The Kier molecular flexibility index (Phi) is 4.23. The molecule has 0 aliphatic carbocycles. The average Bonchev–Trinajstić information content (AvgIpc) is 3.16. The van der Waals surface area contributed by atoms with Gasteiger partial charge in [0, 0.05) is 4.88 Å². The molecule has 0 spiro atoms. The van der Waals surface area contributed by atoms with Crippen LogP contribution in [0.5, 0.6) is 0 Å². The maximum atomic E-state index is 11.9. The van der Waals surface area contributed by atoms with Crippen LogP contribution in [-0.4, -0.2) is 10.9 Å². The summed E-state index contributed by atoms with van der Waals surface area (Å²) in [6, 6.07) is 7.39. The smallest absolute Gasteiger partial charge is 0.287 e. The standard InChI is InChI=1S/C14H11BrN2O2S2/c1-8-11(21-14(17-8)10-3-2-6-20-10)7-16-13(18)9-4-5-12(15)19-9/h2-6H,7H2,1H3,(H,16,18). The van der Waals surface area contributed by atoms with E-state index in [-0.39, 0.29) is 5.91 Å². The quantitative estimate of drug-likeness (QED) is 0.724. The SMILES string of the molecule is Cc1nc(-c2cccs2)sc1CNC(=O)c1ccc(Br)o1. The number of nitrogens with one attached hydrogen (secondary N) is 1. The summed E-state index contributed by atoms with van der Waals surface area (Å²) in [5, 5.41) is 5.87. The van der Waals surface area contributed by atoms with E-state index in [2.05, 4.69) is 26.2 Å². The summed E-state index contributed by atoms with van der Waals surface area (Å²) in [6.45, 7) is 2.41. The monoisotopic (exact) mass is 382 g/mol. The fourth-order valence-electron chi connectivity index (χ4n) is 1.78. The van der Waals surface area contributed by atoms with Crippen molar-refractivity contribution in [3.63, 3.8) is 0 Å². The number of amides is 1. The number of carbonyl (C=O) groups excluding carboxylic acids is 1. The van der Waals surface area contributed by atoms with Crippen molar-refractivity contribution in [1.82, 2.24) is 10.3 Å². The molecule has 3 aromatic rings. The number of thiophene rings is 1. The van der Waals surface area contributed by atoms with Crippen molar-refractivity contribution in [3.8, 4) is 9.88 Å². The lowest BCUT2D eigenvalue weighted by molar-refractivity contribution is 0.0922. The largest absolute Gasteiger partial charge is 0.444 e. The normalized spacial score (nSPS) is 10.8. The third-order valence-electron chi connectivity index (χ3n) is 2.83. The second kappa shape index (κ2) is 6.13. The number of nitrogens with zero attached hydrogens (tertiary/aromatic N) is 1. The number of rotatable bonds is 4. The van der Waals surface area contributed by atoms with E-state index in [0.29, 0.717) is 17.0 Å². The predicted octanol–water partition coefficient (Wildman–Crippen LogP) is 4.47. The molecule has 0 saturated heterocycles. The van der Waals surface area contributed by atoms with E-state index in [4.69, 9.17) is 4.42 Å². The minimum absolute atomic E-state index is 0.230. The molecule has 1 N–H and O–H groups in total. The van der Waals surface area contributed by atoms with Crippen LogP contribution in [0.1, 0.15) is 21.1 Å². The summed E-state index contributed by atoms with van der Waals surface area (Å²) in [6.07, 6.45) is 0. The molecule has 0 aliphatic heterocycles. The molecular weight excluding hydrogens is 372 g/mol. The van der Waals surface area contributed by atoms with Gasteiger partial charge in [-0.1, -0.05) is 6.07 Å². The van der Waals surface area contributed by atoms with Gasteiger partial charge in [0.1, 0.15) is 5.01 Å². The number of hydrogen-bond donors (Lipinski definition) is 1. The zero-order valence-corrected chi connectivity index (χ0v) is 14.3. The summed E-state index contributed by atoms with van der Waals surface area (Å²) in [5.74, 6) is 0.0636. The summed E-state index contributed by atoms with van der Waals surface area (Å²) in [5.41, 5.74) is 0.948. The molecule has 7 heteroatoms. The number of thiazole rings is 1. The molecule has 0 radical (unpaired) electrons. The van der Waals surface area contributed by atoms with Crippen LogP contribution >= 0.6 is 38.6 Å². The highest BCUT2D eigenvalue weighted by Crippen LogP contribution is 2.31. The molecule has 0 aliphatic rings. The Morgan fingerprint density at radius 1 is 1.43 bits per heavy atom. The van der Waals surface area contributed by atoms with E-state index in [1.54, 1.807) is 34.8 Å². The van der Waals surface area contributed by atoms with E-state index >= 15 is 0 Å². The van der Waals surface area contributed by atoms with Crippen LogP contribution in [0.4, 0.5) is 0 Å². The molecule has 108 valence electrons. The Morgan fingerprint density at radius 3 is 2.95 bits per heavy atom. The van der Waals surface area contributed by atoms with Crippen molar-refractivity contribution < 1.29 is 9.21 Å². The maximum absolute atomic E-state index is 11.9. The van der Waals surface area contributed by atoms with Gasteiger partial charge in [-0.05, 0) is 46.4 Å². The third kappa shape index (κ3) is 3.25. The minimum atomic E-state index is -0.230. The Labute approximate surface area is 138 Å². The van der Waals surface area contributed by atoms with Gasteiger partial charge in [0.05, 0.1) is 17.1 Å². The van der Waals surface area contributed by atoms with E-state index < -0.39 is 0 Å². The third-order valence-corrected chi connectivity index (χ3v) is 5.45. The zero-order valence-electron chi connectivity index (χ0n) is 11.1. The molecule has 4 nitrogen and oxygen atoms in total. The second-order valence-corrected chi connectivity index (χ2v) is 7.10. The lowest BCUT2D eigenvalue weighted by atomic mass is 10.3. The van der Waals surface area contributed by atoms with Crippen LogP contribution in [0, 0.1) is 6.92 Å². The highest BCUT2D eigenvalue weighted by Gasteiger charge is 2.13. The highest BCUT2D eigenvalue weighted by molar-refractivity contribution is 9.10. The first-order chi connectivity index (χ1) is 10.1. The Balaban J connectivity index is 1.69. The molecule has 3 aromatic heterocycles. The zero-order chi connectivity index (χ0) is 14.8. The molecule has 1 amide bonds. The lowest BCUT2D eigenvalue weighted by Gasteiger charge is -2.01. The average molecular weight is 383 g/mol.